The third kappa shape index (κ3) is 4.17. The van der Waals surface area contributed by atoms with Crippen LogP contribution in [-0.4, -0.2) is 56.1 Å². The van der Waals surface area contributed by atoms with Crippen molar-refractivity contribution in [3.63, 3.8) is 0 Å². The molecular weight excluding hydrogens is 270 g/mol. The number of carbonyl (C=O) groups excluding carboxylic acids is 2. The second kappa shape index (κ2) is 7.22. The number of piperidine rings is 1. The van der Waals surface area contributed by atoms with Crippen molar-refractivity contribution >= 4 is 11.8 Å². The lowest BCUT2D eigenvalue weighted by atomic mass is 9.66. The van der Waals surface area contributed by atoms with Gasteiger partial charge in [-0.15, -0.1) is 0 Å². The zero-order valence-corrected chi connectivity index (χ0v) is 12.9. The summed E-state index contributed by atoms with van der Waals surface area (Å²) in [7, 11) is 1.53. The molecule has 1 aliphatic carbocycles. The second-order valence-electron chi connectivity index (χ2n) is 6.39. The molecule has 2 rings (SSSR count). The summed E-state index contributed by atoms with van der Waals surface area (Å²) < 4.78 is 4.86. The number of likely N-dealkylation sites (tertiary alicyclic amines) is 1. The molecule has 0 atom stereocenters. The van der Waals surface area contributed by atoms with Crippen LogP contribution in [0.3, 0.4) is 0 Å². The van der Waals surface area contributed by atoms with E-state index in [0.717, 1.165) is 25.7 Å². The first-order chi connectivity index (χ1) is 10.1. The third-order valence-corrected chi connectivity index (χ3v) is 4.86. The van der Waals surface area contributed by atoms with E-state index < -0.39 is 0 Å². The van der Waals surface area contributed by atoms with Crippen molar-refractivity contribution in [2.24, 2.45) is 11.1 Å². The summed E-state index contributed by atoms with van der Waals surface area (Å²) in [6.45, 7) is 2.12. The SMILES string of the molecule is COCC(=O)N1CCC(NC(=O)CC2(CN)CCC2)CC1. The number of ether oxygens (including phenoxy) is 1. The molecule has 21 heavy (non-hydrogen) atoms. The Balaban J connectivity index is 1.71. The van der Waals surface area contributed by atoms with E-state index in [9.17, 15) is 9.59 Å². The first-order valence-electron chi connectivity index (χ1n) is 7.85. The lowest BCUT2D eigenvalue weighted by Crippen LogP contribution is -2.49. The van der Waals surface area contributed by atoms with Crippen LogP contribution in [-0.2, 0) is 14.3 Å². The molecule has 1 saturated carbocycles. The standard InChI is InChI=1S/C15H27N3O3/c1-21-10-14(20)18-7-3-12(4-8-18)17-13(19)9-15(11-16)5-2-6-15/h12H,2-11,16H2,1H3,(H,17,19). The smallest absolute Gasteiger partial charge is 0.248 e. The number of hydrogen-bond donors (Lipinski definition) is 2. The van der Waals surface area contributed by atoms with Gasteiger partial charge in [-0.3, -0.25) is 9.59 Å². The van der Waals surface area contributed by atoms with Gasteiger partial charge in [0.25, 0.3) is 0 Å². The molecule has 120 valence electrons. The maximum atomic E-state index is 12.1. The molecule has 0 aromatic carbocycles. The Morgan fingerprint density at radius 2 is 2.00 bits per heavy atom. The van der Waals surface area contributed by atoms with Crippen molar-refractivity contribution in [3.8, 4) is 0 Å². The number of amides is 2. The molecule has 0 spiro atoms. The summed E-state index contributed by atoms with van der Waals surface area (Å²) in [5.41, 5.74) is 5.85. The molecule has 2 aliphatic rings. The fourth-order valence-electron chi connectivity index (χ4n) is 3.24. The van der Waals surface area contributed by atoms with Gasteiger partial charge in [0.05, 0.1) is 0 Å². The minimum absolute atomic E-state index is 0.0267. The quantitative estimate of drug-likeness (QED) is 0.736. The zero-order valence-electron chi connectivity index (χ0n) is 12.9. The predicted octanol–water partition coefficient (Wildman–Crippen LogP) is 0.259. The lowest BCUT2D eigenvalue weighted by molar-refractivity contribution is -0.136. The normalized spacial score (nSPS) is 21.7. The van der Waals surface area contributed by atoms with Crippen LogP contribution < -0.4 is 11.1 Å². The van der Waals surface area contributed by atoms with Crippen LogP contribution >= 0.6 is 0 Å². The van der Waals surface area contributed by atoms with E-state index in [0.29, 0.717) is 26.1 Å². The average Bonchev–Trinajstić information content (AvgIpc) is 2.44. The topological polar surface area (TPSA) is 84.7 Å². The van der Waals surface area contributed by atoms with Gasteiger partial charge in [-0.2, -0.15) is 0 Å². The van der Waals surface area contributed by atoms with Crippen LogP contribution in [0.4, 0.5) is 0 Å². The van der Waals surface area contributed by atoms with Gasteiger partial charge in [-0.05, 0) is 37.6 Å². The Kier molecular flexibility index (Phi) is 5.58. The summed E-state index contributed by atoms with van der Waals surface area (Å²) in [6.07, 6.45) is 5.51. The van der Waals surface area contributed by atoms with E-state index in [1.165, 1.54) is 13.5 Å². The number of nitrogens with zero attached hydrogens (tertiary/aromatic N) is 1. The van der Waals surface area contributed by atoms with Crippen molar-refractivity contribution in [2.45, 2.75) is 44.6 Å². The highest BCUT2D eigenvalue weighted by molar-refractivity contribution is 5.78. The summed E-state index contributed by atoms with van der Waals surface area (Å²) in [5.74, 6) is 0.139. The maximum Gasteiger partial charge on any atom is 0.248 e. The summed E-state index contributed by atoms with van der Waals surface area (Å²) in [5, 5.41) is 3.10. The van der Waals surface area contributed by atoms with Crippen molar-refractivity contribution in [2.75, 3.05) is 33.4 Å². The molecule has 0 bridgehead atoms. The number of nitrogens with two attached hydrogens (primary N) is 1. The van der Waals surface area contributed by atoms with Gasteiger partial charge in [-0.1, -0.05) is 6.42 Å². The molecule has 0 aromatic rings. The first-order valence-corrected chi connectivity index (χ1v) is 7.85. The van der Waals surface area contributed by atoms with Gasteiger partial charge in [0.1, 0.15) is 6.61 Å². The van der Waals surface area contributed by atoms with Gasteiger partial charge < -0.3 is 20.7 Å². The Morgan fingerprint density at radius 3 is 2.48 bits per heavy atom. The van der Waals surface area contributed by atoms with E-state index in [1.54, 1.807) is 4.90 Å². The molecule has 6 heteroatoms. The van der Waals surface area contributed by atoms with Gasteiger partial charge >= 0.3 is 0 Å². The molecule has 3 N–H and O–H groups in total. The monoisotopic (exact) mass is 297 g/mol. The van der Waals surface area contributed by atoms with Crippen molar-refractivity contribution in [1.82, 2.24) is 10.2 Å². The van der Waals surface area contributed by atoms with Crippen molar-refractivity contribution in [1.29, 1.82) is 0 Å². The molecule has 1 heterocycles. The summed E-state index contributed by atoms with van der Waals surface area (Å²) >= 11 is 0. The van der Waals surface area contributed by atoms with Gasteiger partial charge in [0, 0.05) is 32.7 Å². The Labute approximate surface area is 126 Å². The maximum absolute atomic E-state index is 12.1. The van der Waals surface area contributed by atoms with Crippen molar-refractivity contribution in [3.05, 3.63) is 0 Å². The van der Waals surface area contributed by atoms with Crippen LogP contribution in [0, 0.1) is 5.41 Å². The van der Waals surface area contributed by atoms with E-state index in [-0.39, 0.29) is 29.9 Å². The molecule has 6 nitrogen and oxygen atoms in total. The van der Waals surface area contributed by atoms with Crippen LogP contribution in [0.1, 0.15) is 38.5 Å². The number of hydrogen-bond acceptors (Lipinski definition) is 4. The van der Waals surface area contributed by atoms with E-state index in [1.807, 2.05) is 0 Å². The van der Waals surface area contributed by atoms with Crippen LogP contribution in [0.15, 0.2) is 0 Å². The molecule has 0 radical (unpaired) electrons. The highest BCUT2D eigenvalue weighted by atomic mass is 16.5. The Morgan fingerprint density at radius 1 is 1.33 bits per heavy atom. The first kappa shape index (κ1) is 16.2. The fraction of sp³-hybridized carbons (Fsp3) is 0.867. The van der Waals surface area contributed by atoms with E-state index in [4.69, 9.17) is 10.5 Å². The molecule has 2 amide bonds. The summed E-state index contributed by atoms with van der Waals surface area (Å²) in [6, 6.07) is 0.180. The predicted molar refractivity (Wildman–Crippen MR) is 79.6 cm³/mol. The Bertz CT molecular complexity index is 369. The number of carbonyl (C=O) groups is 2. The van der Waals surface area contributed by atoms with Crippen LogP contribution in [0.25, 0.3) is 0 Å². The molecule has 0 unspecified atom stereocenters. The summed E-state index contributed by atoms with van der Waals surface area (Å²) in [4.78, 5) is 25.6. The largest absolute Gasteiger partial charge is 0.375 e. The molecule has 2 fully saturated rings. The van der Waals surface area contributed by atoms with E-state index >= 15 is 0 Å². The van der Waals surface area contributed by atoms with Crippen LogP contribution in [0.5, 0.6) is 0 Å². The highest BCUT2D eigenvalue weighted by Crippen LogP contribution is 2.42. The number of methoxy groups -OCH3 is 1. The highest BCUT2D eigenvalue weighted by Gasteiger charge is 2.38. The lowest BCUT2D eigenvalue weighted by Gasteiger charge is -2.41. The molecule has 1 saturated heterocycles. The van der Waals surface area contributed by atoms with Gasteiger partial charge in [0.15, 0.2) is 0 Å². The van der Waals surface area contributed by atoms with Gasteiger partial charge in [-0.25, -0.2) is 0 Å². The minimum Gasteiger partial charge on any atom is -0.375 e. The number of nitrogens with one attached hydrogen (secondary N) is 1. The molecule has 1 aliphatic heterocycles. The van der Waals surface area contributed by atoms with Crippen LogP contribution in [0.2, 0.25) is 0 Å². The minimum atomic E-state index is 0.0267. The molecule has 0 aromatic heterocycles. The third-order valence-electron chi connectivity index (χ3n) is 4.86. The fourth-order valence-corrected chi connectivity index (χ4v) is 3.24. The zero-order chi connectivity index (χ0) is 15.3. The average molecular weight is 297 g/mol. The van der Waals surface area contributed by atoms with E-state index in [2.05, 4.69) is 5.32 Å². The molecular formula is C15H27N3O3. The second-order valence-corrected chi connectivity index (χ2v) is 6.39. The Hall–Kier alpha value is -1.14. The number of rotatable bonds is 6. The van der Waals surface area contributed by atoms with Gasteiger partial charge in [0.2, 0.25) is 11.8 Å². The van der Waals surface area contributed by atoms with Crippen molar-refractivity contribution < 1.29 is 14.3 Å².